The molecule has 0 N–H and O–H groups in total. The largest absolute Gasteiger partial charge is 0.309 e. The van der Waals surface area contributed by atoms with Crippen molar-refractivity contribution in [1.29, 1.82) is 0 Å². The zero-order valence-corrected chi connectivity index (χ0v) is 31.4. The van der Waals surface area contributed by atoms with Crippen LogP contribution >= 0.6 is 11.3 Å². The van der Waals surface area contributed by atoms with Crippen LogP contribution in [0.1, 0.15) is 0 Å². The first-order valence-electron chi connectivity index (χ1n) is 19.1. The lowest BCUT2D eigenvalue weighted by Crippen LogP contribution is -2.06. The van der Waals surface area contributed by atoms with Gasteiger partial charge in [0.2, 0.25) is 5.95 Å². The number of benzene rings is 8. The quantitative estimate of drug-likeness (QED) is 0.176. The van der Waals surface area contributed by atoms with E-state index in [-0.39, 0.29) is 0 Å². The van der Waals surface area contributed by atoms with Crippen molar-refractivity contribution < 1.29 is 0 Å². The smallest absolute Gasteiger partial charge is 0.238 e. The third kappa shape index (κ3) is 4.98. The van der Waals surface area contributed by atoms with Gasteiger partial charge in [0, 0.05) is 58.5 Å². The van der Waals surface area contributed by atoms with Gasteiger partial charge in [-0.1, -0.05) is 140 Å². The van der Waals surface area contributed by atoms with Crippen LogP contribution in [-0.2, 0) is 0 Å². The standard InChI is InChI=1S/C51H31N5S/c1-4-15-32(16-5-1)36-23-14-26-46-48(36)39-28-27-34(29-47(39)57-46)50-52-49(33-17-6-2-7-18-33)53-51(54-50)56-43-25-13-11-22-38(43)41-30-40-37-21-10-12-24-42(37)55(44(40)31-45(41)56)35-19-8-3-9-20-35/h1-31H. The van der Waals surface area contributed by atoms with Crippen LogP contribution in [0.25, 0.3) is 109 Å². The second-order valence-corrected chi connectivity index (χ2v) is 15.5. The van der Waals surface area contributed by atoms with Gasteiger partial charge >= 0.3 is 0 Å². The predicted octanol–water partition coefficient (Wildman–Crippen LogP) is 13.4. The van der Waals surface area contributed by atoms with Crippen molar-refractivity contribution in [2.75, 3.05) is 0 Å². The molecule has 0 atom stereocenters. The van der Waals surface area contributed by atoms with Crippen molar-refractivity contribution >= 4 is 75.1 Å². The maximum absolute atomic E-state index is 5.34. The van der Waals surface area contributed by atoms with Crippen molar-refractivity contribution in [3.63, 3.8) is 0 Å². The summed E-state index contributed by atoms with van der Waals surface area (Å²) in [6.45, 7) is 0. The lowest BCUT2D eigenvalue weighted by Gasteiger charge is -2.12. The molecule has 8 aromatic carbocycles. The summed E-state index contributed by atoms with van der Waals surface area (Å²) >= 11 is 1.81. The van der Waals surface area contributed by atoms with Crippen LogP contribution in [0.5, 0.6) is 0 Å². The minimum Gasteiger partial charge on any atom is -0.309 e. The molecule has 0 unspecified atom stereocenters. The van der Waals surface area contributed by atoms with Gasteiger partial charge in [-0.05, 0) is 59.7 Å². The fourth-order valence-electron chi connectivity index (χ4n) is 8.64. The van der Waals surface area contributed by atoms with Crippen molar-refractivity contribution in [2.45, 2.75) is 0 Å². The molecular formula is C51H31N5S. The number of rotatable bonds is 5. The summed E-state index contributed by atoms with van der Waals surface area (Å²) in [6, 6.07) is 66.6. The molecular weight excluding hydrogens is 715 g/mol. The van der Waals surface area contributed by atoms with Gasteiger partial charge in [-0.15, -0.1) is 11.3 Å². The summed E-state index contributed by atoms with van der Waals surface area (Å²) in [5, 5.41) is 7.24. The second-order valence-electron chi connectivity index (χ2n) is 14.4. The average Bonchev–Trinajstić information content (AvgIpc) is 3.93. The molecule has 0 aliphatic carbocycles. The van der Waals surface area contributed by atoms with E-state index in [2.05, 4.69) is 179 Å². The molecule has 0 bridgehead atoms. The normalized spacial score (nSPS) is 11.9. The molecule has 0 saturated carbocycles. The topological polar surface area (TPSA) is 48.5 Å². The fraction of sp³-hybridized carbons (Fsp3) is 0. The van der Waals surface area contributed by atoms with Gasteiger partial charge in [-0.25, -0.2) is 4.98 Å². The summed E-state index contributed by atoms with van der Waals surface area (Å²) in [5.74, 6) is 1.84. The number of nitrogens with zero attached hydrogens (tertiary/aromatic N) is 5. The number of fused-ring (bicyclic) bond motifs is 9. The third-order valence-electron chi connectivity index (χ3n) is 11.2. The van der Waals surface area contributed by atoms with E-state index in [0.29, 0.717) is 17.6 Å². The summed E-state index contributed by atoms with van der Waals surface area (Å²) in [7, 11) is 0. The van der Waals surface area contributed by atoms with Gasteiger partial charge in [-0.3, -0.25) is 4.57 Å². The number of hydrogen-bond donors (Lipinski definition) is 0. The Balaban J connectivity index is 1.12. The molecule has 0 saturated heterocycles. The van der Waals surface area contributed by atoms with Crippen LogP contribution < -0.4 is 0 Å². The van der Waals surface area contributed by atoms with Gasteiger partial charge in [0.1, 0.15) is 0 Å². The highest BCUT2D eigenvalue weighted by Gasteiger charge is 2.21. The first kappa shape index (κ1) is 31.9. The van der Waals surface area contributed by atoms with E-state index in [4.69, 9.17) is 15.0 Å². The molecule has 266 valence electrons. The molecule has 12 aromatic rings. The molecule has 0 fully saturated rings. The van der Waals surface area contributed by atoms with E-state index in [9.17, 15) is 0 Å². The first-order chi connectivity index (χ1) is 28.3. The van der Waals surface area contributed by atoms with Gasteiger partial charge in [-0.2, -0.15) is 9.97 Å². The molecule has 57 heavy (non-hydrogen) atoms. The fourth-order valence-corrected chi connectivity index (χ4v) is 9.81. The van der Waals surface area contributed by atoms with Gasteiger partial charge in [0.05, 0.1) is 22.1 Å². The molecule has 0 radical (unpaired) electrons. The highest BCUT2D eigenvalue weighted by molar-refractivity contribution is 7.26. The number of thiophene rings is 1. The van der Waals surface area contributed by atoms with Crippen molar-refractivity contribution in [1.82, 2.24) is 24.1 Å². The maximum atomic E-state index is 5.34. The van der Waals surface area contributed by atoms with Crippen molar-refractivity contribution in [3.8, 4) is 45.5 Å². The predicted molar refractivity (Wildman–Crippen MR) is 238 cm³/mol. The van der Waals surface area contributed by atoms with E-state index in [0.717, 1.165) is 44.1 Å². The average molecular weight is 746 g/mol. The molecule has 6 heteroatoms. The van der Waals surface area contributed by atoms with Crippen LogP contribution in [0.3, 0.4) is 0 Å². The molecule has 0 aliphatic heterocycles. The van der Waals surface area contributed by atoms with E-state index in [1.165, 1.54) is 47.6 Å². The van der Waals surface area contributed by atoms with Crippen molar-refractivity contribution in [3.05, 3.63) is 188 Å². The third-order valence-corrected chi connectivity index (χ3v) is 12.3. The minimum absolute atomic E-state index is 0.578. The van der Waals surface area contributed by atoms with Crippen LogP contribution in [0.4, 0.5) is 0 Å². The van der Waals surface area contributed by atoms with Gasteiger partial charge in [0.25, 0.3) is 0 Å². The van der Waals surface area contributed by atoms with Crippen LogP contribution in [0.15, 0.2) is 188 Å². The van der Waals surface area contributed by atoms with Crippen molar-refractivity contribution in [2.24, 2.45) is 0 Å². The van der Waals surface area contributed by atoms with Crippen LogP contribution in [-0.4, -0.2) is 24.1 Å². The molecule has 5 nitrogen and oxygen atoms in total. The highest BCUT2D eigenvalue weighted by atomic mass is 32.1. The Bertz CT molecular complexity index is 3510. The Morgan fingerprint density at radius 2 is 0.947 bits per heavy atom. The molecule has 12 rings (SSSR count). The number of hydrogen-bond acceptors (Lipinski definition) is 4. The lowest BCUT2D eigenvalue weighted by atomic mass is 9.99. The lowest BCUT2D eigenvalue weighted by molar-refractivity contribution is 0.954. The molecule has 0 amide bonds. The summed E-state index contributed by atoms with van der Waals surface area (Å²) in [5.41, 5.74) is 9.83. The summed E-state index contributed by atoms with van der Waals surface area (Å²) in [6.07, 6.45) is 0. The summed E-state index contributed by atoms with van der Waals surface area (Å²) in [4.78, 5) is 15.8. The zero-order chi connectivity index (χ0) is 37.5. The zero-order valence-electron chi connectivity index (χ0n) is 30.5. The monoisotopic (exact) mass is 745 g/mol. The Morgan fingerprint density at radius 1 is 0.351 bits per heavy atom. The molecule has 4 heterocycles. The number of aromatic nitrogens is 5. The van der Waals surface area contributed by atoms with Crippen LogP contribution in [0, 0.1) is 0 Å². The SMILES string of the molecule is c1ccc(-c2nc(-c3ccc4c(c3)sc3cccc(-c5ccccc5)c34)nc(-n3c4ccccc4c4cc5c6ccccc6n(-c6ccccc6)c5cc43)n2)cc1. The Morgan fingerprint density at radius 3 is 1.67 bits per heavy atom. The Hall–Kier alpha value is -7.41. The van der Waals surface area contributed by atoms with E-state index in [1.807, 2.05) is 29.5 Å². The second kappa shape index (κ2) is 12.6. The first-order valence-corrected chi connectivity index (χ1v) is 19.9. The minimum atomic E-state index is 0.578. The van der Waals surface area contributed by atoms with E-state index < -0.39 is 0 Å². The number of para-hydroxylation sites is 3. The maximum Gasteiger partial charge on any atom is 0.238 e. The highest BCUT2D eigenvalue weighted by Crippen LogP contribution is 2.42. The Kier molecular flexibility index (Phi) is 7.03. The summed E-state index contributed by atoms with van der Waals surface area (Å²) < 4.78 is 7.04. The Labute approximate surface area is 331 Å². The van der Waals surface area contributed by atoms with E-state index in [1.54, 1.807) is 0 Å². The molecule has 0 spiro atoms. The van der Waals surface area contributed by atoms with Crippen LogP contribution in [0.2, 0.25) is 0 Å². The van der Waals surface area contributed by atoms with Gasteiger partial charge in [0.15, 0.2) is 11.6 Å². The van der Waals surface area contributed by atoms with Gasteiger partial charge < -0.3 is 4.57 Å². The van der Waals surface area contributed by atoms with E-state index >= 15 is 0 Å². The molecule has 0 aliphatic rings. The molecule has 4 aromatic heterocycles.